The number of aliphatic hydroxyl groups excluding tert-OH is 1. The summed E-state index contributed by atoms with van der Waals surface area (Å²) in [6, 6.07) is 1.83. The monoisotopic (exact) mass is 329 g/mol. The SMILES string of the molecule is CC(C)(C)CCN1CCn2nc([C@H](O)CS(C)(=O)=O)cc2C1. The highest BCUT2D eigenvalue weighted by Gasteiger charge is 2.23. The highest BCUT2D eigenvalue weighted by atomic mass is 32.2. The van der Waals surface area contributed by atoms with Crippen molar-refractivity contribution in [2.75, 3.05) is 25.1 Å². The van der Waals surface area contributed by atoms with Crippen molar-refractivity contribution in [1.82, 2.24) is 14.7 Å². The molecular formula is C15H27N3O3S. The van der Waals surface area contributed by atoms with Crippen LogP contribution >= 0.6 is 0 Å². The standard InChI is InChI=1S/C15H27N3O3S/c1-15(2,3)5-6-17-7-8-18-12(10-17)9-13(16-18)14(19)11-22(4,20)21/h9,14,19H,5-8,10-11H2,1-4H3/t14-/m1/s1. The van der Waals surface area contributed by atoms with Crippen LogP contribution in [0.15, 0.2) is 6.07 Å². The number of hydrogen-bond donors (Lipinski definition) is 1. The minimum Gasteiger partial charge on any atom is -0.386 e. The summed E-state index contributed by atoms with van der Waals surface area (Å²) in [5.41, 5.74) is 1.81. The van der Waals surface area contributed by atoms with Gasteiger partial charge in [-0.25, -0.2) is 8.42 Å². The predicted molar refractivity (Wildman–Crippen MR) is 86.2 cm³/mol. The van der Waals surface area contributed by atoms with E-state index in [-0.39, 0.29) is 5.75 Å². The zero-order valence-electron chi connectivity index (χ0n) is 13.9. The Kier molecular flexibility index (Phi) is 4.99. The third-order valence-corrected chi connectivity index (χ3v) is 4.80. The van der Waals surface area contributed by atoms with Crippen LogP contribution in [-0.2, 0) is 22.9 Å². The van der Waals surface area contributed by atoms with E-state index in [1.807, 2.05) is 10.7 Å². The van der Waals surface area contributed by atoms with E-state index in [4.69, 9.17) is 0 Å². The molecule has 0 radical (unpaired) electrons. The topological polar surface area (TPSA) is 75.4 Å². The minimum absolute atomic E-state index is 0.281. The molecule has 0 aliphatic carbocycles. The largest absolute Gasteiger partial charge is 0.386 e. The van der Waals surface area contributed by atoms with Gasteiger partial charge < -0.3 is 5.11 Å². The first kappa shape index (κ1) is 17.4. The van der Waals surface area contributed by atoms with Crippen LogP contribution in [0.4, 0.5) is 0 Å². The Balaban J connectivity index is 2.01. The van der Waals surface area contributed by atoms with Gasteiger partial charge in [0.1, 0.15) is 15.9 Å². The van der Waals surface area contributed by atoms with E-state index in [2.05, 4.69) is 30.8 Å². The second-order valence-corrected chi connectivity index (χ2v) is 9.66. The van der Waals surface area contributed by atoms with Crippen LogP contribution in [0.1, 0.15) is 44.7 Å². The summed E-state index contributed by atoms with van der Waals surface area (Å²) < 4.78 is 24.5. The molecule has 0 unspecified atom stereocenters. The van der Waals surface area contributed by atoms with E-state index >= 15 is 0 Å². The minimum atomic E-state index is -3.22. The lowest BCUT2D eigenvalue weighted by molar-refractivity contribution is 0.181. The lowest BCUT2D eigenvalue weighted by atomic mass is 9.92. The Morgan fingerprint density at radius 1 is 1.36 bits per heavy atom. The number of fused-ring (bicyclic) bond motifs is 1. The van der Waals surface area contributed by atoms with Gasteiger partial charge in [0.05, 0.1) is 23.7 Å². The molecule has 7 heteroatoms. The van der Waals surface area contributed by atoms with Gasteiger partial charge in [0.2, 0.25) is 0 Å². The smallest absolute Gasteiger partial charge is 0.150 e. The molecule has 1 aliphatic rings. The summed E-state index contributed by atoms with van der Waals surface area (Å²) in [4.78, 5) is 2.38. The summed E-state index contributed by atoms with van der Waals surface area (Å²) in [6.45, 7) is 10.3. The van der Waals surface area contributed by atoms with E-state index < -0.39 is 15.9 Å². The van der Waals surface area contributed by atoms with Crippen LogP contribution in [0, 0.1) is 5.41 Å². The molecule has 126 valence electrons. The van der Waals surface area contributed by atoms with E-state index in [1.165, 1.54) is 0 Å². The van der Waals surface area contributed by atoms with Gasteiger partial charge in [0, 0.05) is 19.3 Å². The van der Waals surface area contributed by atoms with Crippen molar-refractivity contribution in [2.45, 2.75) is 46.4 Å². The van der Waals surface area contributed by atoms with Crippen molar-refractivity contribution >= 4 is 9.84 Å². The fourth-order valence-electron chi connectivity index (χ4n) is 2.56. The van der Waals surface area contributed by atoms with E-state index in [1.54, 1.807) is 0 Å². The molecule has 0 saturated heterocycles. The molecule has 0 saturated carbocycles. The molecule has 0 fully saturated rings. The maximum absolute atomic E-state index is 11.3. The molecule has 2 heterocycles. The molecule has 0 amide bonds. The molecule has 0 spiro atoms. The van der Waals surface area contributed by atoms with Crippen LogP contribution in [-0.4, -0.2) is 53.3 Å². The van der Waals surface area contributed by atoms with Gasteiger partial charge >= 0.3 is 0 Å². The van der Waals surface area contributed by atoms with Gasteiger partial charge in [-0.05, 0) is 24.4 Å². The zero-order chi connectivity index (χ0) is 16.5. The van der Waals surface area contributed by atoms with E-state index in [0.717, 1.165) is 44.5 Å². The van der Waals surface area contributed by atoms with Gasteiger partial charge in [-0.3, -0.25) is 9.58 Å². The zero-order valence-corrected chi connectivity index (χ0v) is 14.7. The Morgan fingerprint density at radius 2 is 2.05 bits per heavy atom. The first-order valence-corrected chi connectivity index (χ1v) is 9.74. The first-order valence-electron chi connectivity index (χ1n) is 7.68. The third-order valence-electron chi connectivity index (χ3n) is 3.88. The lowest BCUT2D eigenvalue weighted by Crippen LogP contribution is -2.35. The molecular weight excluding hydrogens is 302 g/mol. The van der Waals surface area contributed by atoms with Crippen LogP contribution in [0.3, 0.4) is 0 Å². The molecule has 0 aromatic carbocycles. The van der Waals surface area contributed by atoms with Crippen LogP contribution in [0.5, 0.6) is 0 Å². The number of aromatic nitrogens is 2. The molecule has 22 heavy (non-hydrogen) atoms. The van der Waals surface area contributed by atoms with E-state index in [0.29, 0.717) is 11.1 Å². The molecule has 1 N–H and O–H groups in total. The average molecular weight is 329 g/mol. The average Bonchev–Trinajstić information content (AvgIpc) is 2.76. The highest BCUT2D eigenvalue weighted by Crippen LogP contribution is 2.22. The Bertz CT molecular complexity index is 616. The number of rotatable bonds is 5. The summed E-state index contributed by atoms with van der Waals surface area (Å²) in [5.74, 6) is -0.281. The van der Waals surface area contributed by atoms with Gasteiger partial charge in [-0.2, -0.15) is 5.10 Å². The predicted octanol–water partition coefficient (Wildman–Crippen LogP) is 1.21. The Hall–Kier alpha value is -0.920. The first-order chi connectivity index (χ1) is 10.0. The normalized spacial score (nSPS) is 18.2. The van der Waals surface area contributed by atoms with Crippen molar-refractivity contribution < 1.29 is 13.5 Å². The quantitative estimate of drug-likeness (QED) is 0.879. The number of nitrogens with zero attached hydrogens (tertiary/aromatic N) is 3. The fourth-order valence-corrected chi connectivity index (χ4v) is 3.31. The molecule has 1 aromatic heterocycles. The Morgan fingerprint density at radius 3 is 2.64 bits per heavy atom. The maximum Gasteiger partial charge on any atom is 0.150 e. The molecule has 1 atom stereocenters. The van der Waals surface area contributed by atoms with Gasteiger partial charge in [-0.1, -0.05) is 20.8 Å². The van der Waals surface area contributed by atoms with Crippen molar-refractivity contribution in [3.8, 4) is 0 Å². The lowest BCUT2D eigenvalue weighted by Gasteiger charge is -2.30. The highest BCUT2D eigenvalue weighted by molar-refractivity contribution is 7.90. The fraction of sp³-hybridized carbons (Fsp3) is 0.800. The Labute approximate surface area is 133 Å². The molecule has 0 bridgehead atoms. The summed E-state index contributed by atoms with van der Waals surface area (Å²) >= 11 is 0. The maximum atomic E-state index is 11.3. The molecule has 6 nitrogen and oxygen atoms in total. The molecule has 2 rings (SSSR count). The number of sulfone groups is 1. The van der Waals surface area contributed by atoms with Gasteiger partial charge in [0.15, 0.2) is 0 Å². The number of aliphatic hydroxyl groups is 1. The second-order valence-electron chi connectivity index (χ2n) is 7.48. The van der Waals surface area contributed by atoms with Crippen molar-refractivity contribution in [3.63, 3.8) is 0 Å². The van der Waals surface area contributed by atoms with E-state index in [9.17, 15) is 13.5 Å². The van der Waals surface area contributed by atoms with Crippen molar-refractivity contribution in [3.05, 3.63) is 17.5 Å². The second kappa shape index (κ2) is 6.29. The van der Waals surface area contributed by atoms with Crippen molar-refractivity contribution in [1.29, 1.82) is 0 Å². The van der Waals surface area contributed by atoms with Crippen LogP contribution in [0.2, 0.25) is 0 Å². The summed E-state index contributed by atoms with van der Waals surface area (Å²) in [5, 5.41) is 14.4. The van der Waals surface area contributed by atoms with Gasteiger partial charge in [-0.15, -0.1) is 0 Å². The number of hydrogen-bond acceptors (Lipinski definition) is 5. The molecule has 1 aromatic rings. The van der Waals surface area contributed by atoms with Crippen molar-refractivity contribution in [2.24, 2.45) is 5.41 Å². The third kappa shape index (κ3) is 5.07. The van der Waals surface area contributed by atoms with Gasteiger partial charge in [0.25, 0.3) is 0 Å². The van der Waals surface area contributed by atoms with Crippen LogP contribution < -0.4 is 0 Å². The van der Waals surface area contributed by atoms with Crippen LogP contribution in [0.25, 0.3) is 0 Å². The molecule has 1 aliphatic heterocycles. The summed E-state index contributed by atoms with van der Waals surface area (Å²) in [6.07, 6.45) is 1.21. The summed E-state index contributed by atoms with van der Waals surface area (Å²) in [7, 11) is -3.22.